The number of nitrogens with one attached hydrogen (secondary N) is 2. The van der Waals surface area contributed by atoms with Gasteiger partial charge in [-0.1, -0.05) is 0 Å². The normalized spacial score (nSPS) is 12.4. The second-order valence-corrected chi connectivity index (χ2v) is 4.53. The molecule has 0 rings (SSSR count). The van der Waals surface area contributed by atoms with Crippen molar-refractivity contribution in [1.29, 1.82) is 0 Å². The molecule has 0 aliphatic carbocycles. The maximum atomic E-state index is 11.8. The molecule has 1 atom stereocenters. The Labute approximate surface area is 116 Å². The van der Waals surface area contributed by atoms with E-state index >= 15 is 0 Å². The second kappa shape index (κ2) is 8.51. The van der Waals surface area contributed by atoms with Gasteiger partial charge >= 0.3 is 23.5 Å². The van der Waals surface area contributed by atoms with Crippen molar-refractivity contribution >= 4 is 29.7 Å². The molecule has 0 fully saturated rings. The molecule has 11 heteroatoms. The number of amides is 2. The summed E-state index contributed by atoms with van der Waals surface area (Å²) in [6, 6.07) is -2.50. The maximum absolute atomic E-state index is 11.8. The van der Waals surface area contributed by atoms with E-state index < -0.39 is 41.7 Å². The van der Waals surface area contributed by atoms with Crippen LogP contribution < -0.4 is 10.6 Å². The van der Waals surface area contributed by atoms with E-state index in [2.05, 4.69) is 4.74 Å². The van der Waals surface area contributed by atoms with Gasteiger partial charge in [-0.25, -0.2) is 9.59 Å². The van der Waals surface area contributed by atoms with Crippen LogP contribution in [0.5, 0.6) is 0 Å². The number of carbonyl (C=O) groups excluding carboxylic acids is 2. The van der Waals surface area contributed by atoms with E-state index in [9.17, 15) is 27.6 Å². The van der Waals surface area contributed by atoms with Gasteiger partial charge in [-0.3, -0.25) is 4.79 Å². The van der Waals surface area contributed by atoms with Crippen LogP contribution in [0, 0.1) is 0 Å². The molecule has 0 saturated carbocycles. The van der Waals surface area contributed by atoms with Crippen molar-refractivity contribution in [3.63, 3.8) is 0 Å². The largest absolute Gasteiger partial charge is 0.480 e. The van der Waals surface area contributed by atoms with E-state index in [0.717, 1.165) is 7.11 Å². The van der Waals surface area contributed by atoms with Gasteiger partial charge in [-0.05, 0) is 11.8 Å². The third-order valence-corrected chi connectivity index (χ3v) is 2.59. The Balaban J connectivity index is 4.08. The van der Waals surface area contributed by atoms with Crippen molar-refractivity contribution in [2.75, 3.05) is 19.4 Å². The van der Waals surface area contributed by atoms with Gasteiger partial charge in [-0.2, -0.15) is 13.2 Å². The Morgan fingerprint density at radius 3 is 2.40 bits per heavy atom. The number of carboxylic acids is 1. The predicted octanol–water partition coefficient (Wildman–Crippen LogP) is 0.555. The minimum Gasteiger partial charge on any atom is -0.480 e. The van der Waals surface area contributed by atoms with Gasteiger partial charge in [0.05, 0.1) is 13.5 Å². The molecule has 0 aliphatic heterocycles. The predicted molar refractivity (Wildman–Crippen MR) is 63.1 cm³/mol. The van der Waals surface area contributed by atoms with Crippen molar-refractivity contribution < 1.29 is 37.4 Å². The van der Waals surface area contributed by atoms with Crippen LogP contribution in [-0.4, -0.2) is 54.0 Å². The van der Waals surface area contributed by atoms with Gasteiger partial charge in [0, 0.05) is 12.3 Å². The average Bonchev–Trinajstić information content (AvgIpc) is 2.32. The number of alkyl halides is 3. The van der Waals surface area contributed by atoms with Gasteiger partial charge in [0.2, 0.25) is 0 Å². The van der Waals surface area contributed by atoms with Crippen molar-refractivity contribution in [3.8, 4) is 0 Å². The SMILES string of the molecule is COC(=O)C[C@H](NC(=O)NCCSC(F)(F)F)C(=O)O. The molecular weight excluding hydrogens is 305 g/mol. The summed E-state index contributed by atoms with van der Waals surface area (Å²) < 4.78 is 39.6. The Bertz CT molecular complexity index is 364. The highest BCUT2D eigenvalue weighted by Gasteiger charge is 2.28. The van der Waals surface area contributed by atoms with Crippen LogP contribution in [0.1, 0.15) is 6.42 Å². The van der Waals surface area contributed by atoms with Gasteiger partial charge in [0.15, 0.2) is 0 Å². The molecule has 7 nitrogen and oxygen atoms in total. The standard InChI is InChI=1S/C9H13F3N2O5S/c1-19-6(15)4-5(7(16)17)14-8(18)13-2-3-20-9(10,11)12/h5H,2-4H2,1H3,(H,16,17)(H2,13,14,18)/t5-/m0/s1. The van der Waals surface area contributed by atoms with Crippen molar-refractivity contribution in [2.24, 2.45) is 0 Å². The quantitative estimate of drug-likeness (QED) is 0.468. The number of carbonyl (C=O) groups is 3. The summed E-state index contributed by atoms with van der Waals surface area (Å²) in [5.74, 6) is -2.72. The lowest BCUT2D eigenvalue weighted by Gasteiger charge is -2.14. The van der Waals surface area contributed by atoms with Gasteiger partial charge < -0.3 is 20.5 Å². The fourth-order valence-corrected chi connectivity index (χ4v) is 1.43. The monoisotopic (exact) mass is 318 g/mol. The summed E-state index contributed by atoms with van der Waals surface area (Å²) >= 11 is -0.318. The minimum absolute atomic E-state index is 0.305. The third kappa shape index (κ3) is 9.30. The molecule has 116 valence electrons. The van der Waals surface area contributed by atoms with Crippen LogP contribution in [0.25, 0.3) is 0 Å². The summed E-state index contributed by atoms with van der Waals surface area (Å²) in [6.45, 7) is -0.305. The fourth-order valence-electron chi connectivity index (χ4n) is 0.991. The number of carboxylic acid groups (broad SMARTS) is 1. The first-order valence-corrected chi connectivity index (χ1v) is 6.19. The molecule has 2 amide bonds. The van der Waals surface area contributed by atoms with E-state index in [-0.39, 0.29) is 18.3 Å². The van der Waals surface area contributed by atoms with E-state index in [1.165, 1.54) is 0 Å². The number of hydrogen-bond donors (Lipinski definition) is 3. The van der Waals surface area contributed by atoms with Gasteiger partial charge in [0.1, 0.15) is 6.04 Å². The van der Waals surface area contributed by atoms with Crippen LogP contribution in [0.3, 0.4) is 0 Å². The number of halogens is 3. The molecule has 0 spiro atoms. The van der Waals surface area contributed by atoms with Crippen molar-refractivity contribution in [1.82, 2.24) is 10.6 Å². The van der Waals surface area contributed by atoms with Crippen LogP contribution in [0.2, 0.25) is 0 Å². The lowest BCUT2D eigenvalue weighted by atomic mass is 10.2. The number of aliphatic carboxylic acids is 1. The first-order chi connectivity index (χ1) is 9.15. The van der Waals surface area contributed by atoms with Gasteiger partial charge in [-0.15, -0.1) is 0 Å². The second-order valence-electron chi connectivity index (χ2n) is 3.37. The molecule has 0 aromatic rings. The van der Waals surface area contributed by atoms with Crippen LogP contribution in [-0.2, 0) is 14.3 Å². The molecule has 20 heavy (non-hydrogen) atoms. The Hall–Kier alpha value is -1.65. The zero-order chi connectivity index (χ0) is 15.8. The van der Waals surface area contributed by atoms with E-state index in [0.29, 0.717) is 0 Å². The lowest BCUT2D eigenvalue weighted by molar-refractivity contribution is -0.147. The van der Waals surface area contributed by atoms with Crippen LogP contribution in [0.4, 0.5) is 18.0 Å². The molecule has 0 saturated heterocycles. The highest BCUT2D eigenvalue weighted by Crippen LogP contribution is 2.29. The Morgan fingerprint density at radius 1 is 1.35 bits per heavy atom. The molecule has 3 N–H and O–H groups in total. The molecule has 0 bridgehead atoms. The number of ether oxygens (including phenoxy) is 1. The summed E-state index contributed by atoms with van der Waals surface area (Å²) in [7, 11) is 1.05. The van der Waals surface area contributed by atoms with E-state index in [1.54, 1.807) is 0 Å². The molecule has 0 heterocycles. The molecule has 0 aromatic heterocycles. The lowest BCUT2D eigenvalue weighted by Crippen LogP contribution is -2.47. The first-order valence-electron chi connectivity index (χ1n) is 5.20. The molecular formula is C9H13F3N2O5S. The number of hydrogen-bond acceptors (Lipinski definition) is 5. The number of urea groups is 1. The molecule has 0 aliphatic rings. The molecule has 0 unspecified atom stereocenters. The average molecular weight is 318 g/mol. The Morgan fingerprint density at radius 2 is 1.95 bits per heavy atom. The number of rotatable bonds is 7. The number of esters is 1. The van der Waals surface area contributed by atoms with Crippen LogP contribution >= 0.6 is 11.8 Å². The maximum Gasteiger partial charge on any atom is 0.441 e. The highest BCUT2D eigenvalue weighted by atomic mass is 32.2. The van der Waals surface area contributed by atoms with Crippen LogP contribution in [0.15, 0.2) is 0 Å². The summed E-state index contributed by atoms with van der Waals surface area (Å²) in [5.41, 5.74) is -4.40. The molecule has 0 radical (unpaired) electrons. The highest BCUT2D eigenvalue weighted by molar-refractivity contribution is 8.00. The minimum atomic E-state index is -4.40. The number of thioether (sulfide) groups is 1. The molecule has 0 aromatic carbocycles. The summed E-state index contributed by atoms with van der Waals surface area (Å²) in [6.07, 6.45) is -0.587. The topological polar surface area (TPSA) is 105 Å². The third-order valence-electron chi connectivity index (χ3n) is 1.86. The first kappa shape index (κ1) is 18.4. The number of methoxy groups -OCH3 is 1. The zero-order valence-corrected chi connectivity index (χ0v) is 11.1. The van der Waals surface area contributed by atoms with Crippen molar-refractivity contribution in [2.45, 2.75) is 18.0 Å². The fraction of sp³-hybridized carbons (Fsp3) is 0.667. The smallest absolute Gasteiger partial charge is 0.441 e. The summed E-state index contributed by atoms with van der Waals surface area (Å²) in [5, 5.41) is 12.7. The van der Waals surface area contributed by atoms with Crippen molar-refractivity contribution in [3.05, 3.63) is 0 Å². The van der Waals surface area contributed by atoms with E-state index in [1.807, 2.05) is 10.6 Å². The summed E-state index contributed by atoms with van der Waals surface area (Å²) in [4.78, 5) is 32.9. The van der Waals surface area contributed by atoms with Gasteiger partial charge in [0.25, 0.3) is 0 Å². The Kier molecular flexibility index (Phi) is 7.80. The van der Waals surface area contributed by atoms with E-state index in [4.69, 9.17) is 5.11 Å². The zero-order valence-electron chi connectivity index (χ0n) is 10.3.